The van der Waals surface area contributed by atoms with Gasteiger partial charge >= 0.3 is 5.97 Å². The molecule has 0 atom stereocenters. The van der Waals surface area contributed by atoms with Gasteiger partial charge in [-0.15, -0.1) is 0 Å². The lowest BCUT2D eigenvalue weighted by Crippen LogP contribution is -2.03. The molecule has 0 bridgehead atoms. The molecule has 0 aromatic heterocycles. The van der Waals surface area contributed by atoms with Crippen LogP contribution >= 0.6 is 0 Å². The lowest BCUT2D eigenvalue weighted by molar-refractivity contribution is -0.128. The molecule has 0 N–H and O–H groups in total. The van der Waals surface area contributed by atoms with Crippen molar-refractivity contribution < 1.29 is 14.3 Å². The Kier molecular flexibility index (Phi) is 4.57. The van der Waals surface area contributed by atoms with Crippen molar-refractivity contribution in [1.82, 2.24) is 0 Å². The fraction of sp³-hybridized carbons (Fsp3) is 0.0556. The maximum absolute atomic E-state index is 11.2. The fourth-order valence-corrected chi connectivity index (χ4v) is 1.80. The van der Waals surface area contributed by atoms with Crippen LogP contribution in [0.5, 0.6) is 17.2 Å². The zero-order valence-corrected chi connectivity index (χ0v) is 11.8. The van der Waals surface area contributed by atoms with Gasteiger partial charge in [0, 0.05) is 12.1 Å². The average Bonchev–Trinajstić information content (AvgIpc) is 2.47. The highest BCUT2D eigenvalue weighted by Gasteiger charge is 2.05. The minimum Gasteiger partial charge on any atom is -0.457 e. The van der Waals surface area contributed by atoms with Crippen LogP contribution in [0.15, 0.2) is 61.7 Å². The molecule has 106 valence electrons. The van der Waals surface area contributed by atoms with Crippen LogP contribution in [0.1, 0.15) is 11.1 Å². The molecule has 0 unspecified atom stereocenters. The smallest absolute Gasteiger partial charge is 0.335 e. The van der Waals surface area contributed by atoms with Crippen LogP contribution in [-0.2, 0) is 4.79 Å². The van der Waals surface area contributed by atoms with Crippen molar-refractivity contribution in [2.24, 2.45) is 0 Å². The third-order valence-electron chi connectivity index (χ3n) is 2.76. The number of carbonyl (C=O) groups is 1. The van der Waals surface area contributed by atoms with Gasteiger partial charge in [0.2, 0.25) is 0 Å². The zero-order valence-electron chi connectivity index (χ0n) is 11.8. The Balaban J connectivity index is 2.20. The predicted octanol–water partition coefficient (Wildman–Crippen LogP) is 4.52. The van der Waals surface area contributed by atoms with Gasteiger partial charge in [0.25, 0.3) is 0 Å². The molecule has 2 rings (SSSR count). The SMILES string of the molecule is C=CC(=O)Oc1cc(C)cc(Oc2ccc(C=C)cc2)c1. The molecule has 0 heterocycles. The maximum atomic E-state index is 11.2. The first kappa shape index (κ1) is 14.6. The molecule has 0 aliphatic carbocycles. The quantitative estimate of drug-likeness (QED) is 0.459. The molecule has 0 aliphatic rings. The predicted molar refractivity (Wildman–Crippen MR) is 83.6 cm³/mol. The van der Waals surface area contributed by atoms with Gasteiger partial charge in [-0.05, 0) is 42.3 Å². The Hall–Kier alpha value is -2.81. The Bertz CT molecular complexity index is 669. The van der Waals surface area contributed by atoms with Crippen molar-refractivity contribution in [2.45, 2.75) is 6.92 Å². The molecule has 0 amide bonds. The Labute approximate surface area is 124 Å². The fourth-order valence-electron chi connectivity index (χ4n) is 1.80. The normalized spacial score (nSPS) is 9.76. The summed E-state index contributed by atoms with van der Waals surface area (Å²) in [6.07, 6.45) is 2.89. The van der Waals surface area contributed by atoms with E-state index in [0.717, 1.165) is 17.2 Å². The van der Waals surface area contributed by atoms with Crippen molar-refractivity contribution >= 4 is 12.0 Å². The summed E-state index contributed by atoms with van der Waals surface area (Å²) in [5, 5.41) is 0. The number of aryl methyl sites for hydroxylation is 1. The van der Waals surface area contributed by atoms with Crippen LogP contribution < -0.4 is 9.47 Å². The summed E-state index contributed by atoms with van der Waals surface area (Å²) in [6.45, 7) is 8.98. The van der Waals surface area contributed by atoms with Gasteiger partial charge in [-0.1, -0.05) is 31.4 Å². The molecule has 0 spiro atoms. The van der Waals surface area contributed by atoms with E-state index in [1.54, 1.807) is 18.2 Å². The van der Waals surface area contributed by atoms with Crippen LogP contribution in [-0.4, -0.2) is 5.97 Å². The van der Waals surface area contributed by atoms with Crippen molar-refractivity contribution in [1.29, 1.82) is 0 Å². The van der Waals surface area contributed by atoms with Crippen LogP contribution in [0.3, 0.4) is 0 Å². The first-order valence-corrected chi connectivity index (χ1v) is 6.47. The summed E-state index contributed by atoms with van der Waals surface area (Å²) in [4.78, 5) is 11.2. The maximum Gasteiger partial charge on any atom is 0.335 e. The number of hydrogen-bond acceptors (Lipinski definition) is 3. The van der Waals surface area contributed by atoms with Gasteiger partial charge in [-0.25, -0.2) is 4.79 Å². The van der Waals surface area contributed by atoms with Gasteiger partial charge in [-0.3, -0.25) is 0 Å². The van der Waals surface area contributed by atoms with Gasteiger partial charge in [0.1, 0.15) is 17.2 Å². The molecule has 3 heteroatoms. The summed E-state index contributed by atoms with van der Waals surface area (Å²) < 4.78 is 10.9. The van der Waals surface area contributed by atoms with E-state index in [4.69, 9.17) is 9.47 Å². The van der Waals surface area contributed by atoms with Crippen LogP contribution in [0.4, 0.5) is 0 Å². The number of benzene rings is 2. The highest BCUT2D eigenvalue weighted by Crippen LogP contribution is 2.27. The first-order valence-electron chi connectivity index (χ1n) is 6.47. The van der Waals surface area contributed by atoms with Gasteiger partial charge in [0.15, 0.2) is 0 Å². The highest BCUT2D eigenvalue weighted by atomic mass is 16.5. The third kappa shape index (κ3) is 4.08. The number of carbonyl (C=O) groups excluding carboxylic acids is 1. The molecular weight excluding hydrogens is 264 g/mol. The highest BCUT2D eigenvalue weighted by molar-refractivity contribution is 5.83. The van der Waals surface area contributed by atoms with E-state index in [0.29, 0.717) is 17.2 Å². The Morgan fingerprint density at radius 2 is 1.67 bits per heavy atom. The number of rotatable bonds is 5. The van der Waals surface area contributed by atoms with Crippen molar-refractivity contribution in [2.75, 3.05) is 0 Å². The summed E-state index contributed by atoms with van der Waals surface area (Å²) in [5.74, 6) is 1.24. The van der Waals surface area contributed by atoms with Crippen LogP contribution in [0, 0.1) is 6.92 Å². The number of ether oxygens (including phenoxy) is 2. The molecule has 0 radical (unpaired) electrons. The standard InChI is InChI=1S/C18H16O3/c1-4-14-6-8-15(9-7-14)20-16-10-13(3)11-17(12-16)21-18(19)5-2/h4-12H,1-2H2,3H3. The molecule has 0 saturated carbocycles. The Morgan fingerprint density at radius 1 is 1.00 bits per heavy atom. The minimum atomic E-state index is -0.498. The molecule has 21 heavy (non-hydrogen) atoms. The van der Waals surface area contributed by atoms with Crippen LogP contribution in [0.25, 0.3) is 6.08 Å². The second-order valence-corrected chi connectivity index (χ2v) is 4.48. The van der Waals surface area contributed by atoms with E-state index < -0.39 is 5.97 Å². The summed E-state index contributed by atoms with van der Waals surface area (Å²) in [7, 11) is 0. The van der Waals surface area contributed by atoms with E-state index in [1.807, 2.05) is 37.3 Å². The lowest BCUT2D eigenvalue weighted by atomic mass is 10.2. The van der Waals surface area contributed by atoms with E-state index in [2.05, 4.69) is 13.2 Å². The topological polar surface area (TPSA) is 35.5 Å². The summed E-state index contributed by atoms with van der Waals surface area (Å²) >= 11 is 0. The first-order chi connectivity index (χ1) is 10.1. The minimum absolute atomic E-state index is 0.428. The lowest BCUT2D eigenvalue weighted by Gasteiger charge is -2.09. The number of hydrogen-bond donors (Lipinski definition) is 0. The second kappa shape index (κ2) is 6.57. The number of esters is 1. The third-order valence-corrected chi connectivity index (χ3v) is 2.76. The zero-order chi connectivity index (χ0) is 15.2. The molecule has 0 aliphatic heterocycles. The van der Waals surface area contributed by atoms with Crippen molar-refractivity contribution in [3.8, 4) is 17.2 Å². The summed E-state index contributed by atoms with van der Waals surface area (Å²) in [5.41, 5.74) is 1.95. The molecule has 0 saturated heterocycles. The monoisotopic (exact) mass is 280 g/mol. The molecule has 3 nitrogen and oxygen atoms in total. The van der Waals surface area contributed by atoms with Gasteiger partial charge in [0.05, 0.1) is 0 Å². The second-order valence-electron chi connectivity index (χ2n) is 4.48. The Morgan fingerprint density at radius 3 is 2.29 bits per heavy atom. The van der Waals surface area contributed by atoms with E-state index in [9.17, 15) is 4.79 Å². The molecule has 0 fully saturated rings. The van der Waals surface area contributed by atoms with Gasteiger partial charge in [-0.2, -0.15) is 0 Å². The van der Waals surface area contributed by atoms with Gasteiger partial charge < -0.3 is 9.47 Å². The van der Waals surface area contributed by atoms with Crippen molar-refractivity contribution in [3.63, 3.8) is 0 Å². The molecular formula is C18H16O3. The largest absolute Gasteiger partial charge is 0.457 e. The van der Waals surface area contributed by atoms with E-state index in [1.165, 1.54) is 0 Å². The summed E-state index contributed by atoms with van der Waals surface area (Å²) in [6, 6.07) is 12.8. The van der Waals surface area contributed by atoms with E-state index in [-0.39, 0.29) is 0 Å². The van der Waals surface area contributed by atoms with Crippen molar-refractivity contribution in [3.05, 3.63) is 72.8 Å². The van der Waals surface area contributed by atoms with E-state index >= 15 is 0 Å². The van der Waals surface area contributed by atoms with Crippen LogP contribution in [0.2, 0.25) is 0 Å². The average molecular weight is 280 g/mol. The molecule has 2 aromatic rings. The molecule has 2 aromatic carbocycles.